The Morgan fingerprint density at radius 1 is 0.449 bits per heavy atom. The van der Waals surface area contributed by atoms with Crippen LogP contribution in [0.5, 0.6) is 0 Å². The smallest absolute Gasteiger partial charge is 0.394 e. The second kappa shape index (κ2) is 23.7. The third-order valence-corrected chi connectivity index (χ3v) is 12.5. The van der Waals surface area contributed by atoms with Crippen LogP contribution in [0.3, 0.4) is 0 Å². The van der Waals surface area contributed by atoms with Gasteiger partial charge in [-0.05, 0) is 6.92 Å². The van der Waals surface area contributed by atoms with Gasteiger partial charge in [0.05, 0.1) is 39.1 Å². The maximum absolute atomic E-state index is 13.0. The van der Waals surface area contributed by atoms with Crippen molar-refractivity contribution in [2.24, 2.45) is 0 Å². The van der Waals surface area contributed by atoms with Gasteiger partial charge in [0, 0.05) is 6.92 Å². The molecular formula is C32H55NO33S3. The Balaban J connectivity index is 1.60. The molecule has 15 N–H and O–H groups in total. The van der Waals surface area contributed by atoms with Crippen LogP contribution in [0.25, 0.3) is 0 Å². The SMILES string of the molecule is CC(=O)N[C@H]1[C@H](O[C@H]2[C@@H](O)[C@@H](COS(=O)(=O)O)O[C@@H](O[C@H]3[C@H](O)[C@@H](CO)O[C@@H]3COS(=O)(=O)O)[C@@H]2O)O[C@H](COS(=O)(=O)O)[C@@H](O[C@@H]2O[C@H](CO)[C@H](O)[C@H](O)[C@H]2O)[C@@H]1O[C@@H]1O[C@@H](C)[C@@H](O)[C@@H](O)[C@@H]1O. The van der Waals surface area contributed by atoms with E-state index in [0.29, 0.717) is 0 Å². The average Bonchev–Trinajstić information content (AvgIpc) is 3.56. The molecule has 0 radical (unpaired) electrons. The zero-order valence-corrected chi connectivity index (χ0v) is 38.1. The van der Waals surface area contributed by atoms with Gasteiger partial charge in [-0.25, -0.2) is 12.5 Å². The zero-order chi connectivity index (χ0) is 51.7. The lowest BCUT2D eigenvalue weighted by Gasteiger charge is -2.51. The molecule has 37 heteroatoms. The molecule has 5 rings (SSSR count). The molecule has 0 aromatic rings. The van der Waals surface area contributed by atoms with E-state index in [1.807, 2.05) is 0 Å². The topological polar surface area (TPSA) is 526 Å². The number of hydrogen-bond acceptors (Lipinski definition) is 30. The summed E-state index contributed by atoms with van der Waals surface area (Å²) in [4.78, 5) is 13.0. The third-order valence-electron chi connectivity index (χ3n) is 11.2. The lowest BCUT2D eigenvalue weighted by Crippen LogP contribution is -2.71. The fraction of sp³-hybridized carbons (Fsp3) is 0.969. The van der Waals surface area contributed by atoms with E-state index in [0.717, 1.165) is 6.92 Å². The van der Waals surface area contributed by atoms with Gasteiger partial charge < -0.3 is 104 Å². The number of hydrogen-bond donors (Lipinski definition) is 15. The molecule has 5 aliphatic rings. The number of nitrogens with one attached hydrogen (secondary N) is 1. The molecule has 5 heterocycles. The monoisotopic (exact) mass is 1080 g/mol. The van der Waals surface area contributed by atoms with E-state index < -0.39 is 217 Å². The van der Waals surface area contributed by atoms with E-state index >= 15 is 0 Å². The van der Waals surface area contributed by atoms with Gasteiger partial charge in [-0.15, -0.1) is 0 Å². The second-order valence-electron chi connectivity index (χ2n) is 16.1. The first-order valence-corrected chi connectivity index (χ1v) is 24.4. The number of aliphatic hydroxyl groups is 11. The van der Waals surface area contributed by atoms with Crippen molar-refractivity contribution in [3.05, 3.63) is 0 Å². The van der Waals surface area contributed by atoms with Gasteiger partial charge in [-0.1, -0.05) is 0 Å². The highest BCUT2D eigenvalue weighted by Gasteiger charge is 2.58. The Hall–Kier alpha value is -1.72. The summed E-state index contributed by atoms with van der Waals surface area (Å²) in [6.45, 7) is -3.75. The van der Waals surface area contributed by atoms with Crippen LogP contribution in [0.1, 0.15) is 13.8 Å². The summed E-state index contributed by atoms with van der Waals surface area (Å²) in [5.74, 6) is -1.03. The highest BCUT2D eigenvalue weighted by molar-refractivity contribution is 7.81. The van der Waals surface area contributed by atoms with Crippen molar-refractivity contribution in [1.82, 2.24) is 5.32 Å². The molecule has 0 spiro atoms. The van der Waals surface area contributed by atoms with E-state index in [2.05, 4.69) is 17.9 Å². The minimum atomic E-state index is -5.46. The molecule has 5 saturated heterocycles. The first-order valence-electron chi connectivity index (χ1n) is 20.3. The normalized spacial score (nSPS) is 44.8. The summed E-state index contributed by atoms with van der Waals surface area (Å²) in [6.07, 6.45) is -47.2. The van der Waals surface area contributed by atoms with Crippen molar-refractivity contribution in [3.63, 3.8) is 0 Å². The summed E-state index contributed by atoms with van der Waals surface area (Å²) in [5, 5.41) is 120. The van der Waals surface area contributed by atoms with Gasteiger partial charge in [0.1, 0.15) is 116 Å². The number of amides is 1. The van der Waals surface area contributed by atoms with Crippen LogP contribution in [0, 0.1) is 0 Å². The number of carbonyl (C=O) groups excluding carboxylic acids is 1. The van der Waals surface area contributed by atoms with E-state index in [-0.39, 0.29) is 0 Å². The van der Waals surface area contributed by atoms with Gasteiger partial charge in [-0.2, -0.15) is 25.3 Å². The molecule has 5 fully saturated rings. The molecular weight excluding hydrogens is 1020 g/mol. The van der Waals surface area contributed by atoms with Gasteiger partial charge in [-0.3, -0.25) is 18.5 Å². The Kier molecular flexibility index (Phi) is 19.9. The molecule has 5 aliphatic heterocycles. The average molecular weight is 1080 g/mol. The minimum absolute atomic E-state index is 0.880. The summed E-state index contributed by atoms with van der Waals surface area (Å²) < 4.78 is 162. The molecule has 34 nitrogen and oxygen atoms in total. The van der Waals surface area contributed by atoms with Crippen molar-refractivity contribution >= 4 is 37.1 Å². The summed E-state index contributed by atoms with van der Waals surface area (Å²) >= 11 is 0. The lowest BCUT2D eigenvalue weighted by atomic mass is 9.93. The standard InChI is InChI=1S/C32H55NO33S3/c1-8-16(37)20(41)22(43)30(58-8)65-27-15(33-9(2)36)29(62-14(7-57-69(52,53)54)26(27)64-31-23(44)21(42)17(38)10(3-34)60-31)66-28-19(40)12(5-55-67(46,47)48)61-32(24(28)45)63-25-13(6-56-68(49,50)51)59-11(4-35)18(25)39/h8,10-32,34-35,37-45H,3-7H2,1-2H3,(H,33,36)(H,46,47,48)(H,49,50,51)(H,52,53,54)/t8-,10+,11+,12+,13+,14+,15+,16+,17-,18+,19-,20+,21-,22-,23+,24+,25+,26+,27+,28-,29-,30-,31-,32-/m0/s1. The van der Waals surface area contributed by atoms with Gasteiger partial charge >= 0.3 is 31.2 Å². The first kappa shape index (κ1) is 58.2. The molecule has 0 aliphatic carbocycles. The predicted octanol–water partition coefficient (Wildman–Crippen LogP) is -10.6. The quantitative estimate of drug-likeness (QED) is 0.0503. The molecule has 0 unspecified atom stereocenters. The highest BCUT2D eigenvalue weighted by atomic mass is 32.3. The fourth-order valence-corrected chi connectivity index (χ4v) is 8.75. The van der Waals surface area contributed by atoms with Crippen LogP contribution in [0.4, 0.5) is 0 Å². The number of rotatable bonds is 20. The van der Waals surface area contributed by atoms with Crippen LogP contribution < -0.4 is 5.32 Å². The number of ether oxygens (including phenoxy) is 9. The van der Waals surface area contributed by atoms with Gasteiger partial charge in [0.15, 0.2) is 25.2 Å². The largest absolute Gasteiger partial charge is 0.397 e. The molecule has 404 valence electrons. The Labute approximate surface area is 390 Å². The van der Waals surface area contributed by atoms with Crippen LogP contribution in [0.2, 0.25) is 0 Å². The number of carbonyl (C=O) groups is 1. The summed E-state index contributed by atoms with van der Waals surface area (Å²) in [6, 6.07) is -2.05. The molecule has 0 aromatic heterocycles. The molecule has 0 saturated carbocycles. The minimum Gasteiger partial charge on any atom is -0.394 e. The van der Waals surface area contributed by atoms with Crippen molar-refractivity contribution in [1.29, 1.82) is 0 Å². The molecule has 24 atom stereocenters. The highest BCUT2D eigenvalue weighted by Crippen LogP contribution is 2.37. The fourth-order valence-electron chi connectivity index (χ4n) is 7.83. The maximum atomic E-state index is 13.0. The maximum Gasteiger partial charge on any atom is 0.397 e. The van der Waals surface area contributed by atoms with E-state index in [1.165, 1.54) is 6.92 Å². The van der Waals surface area contributed by atoms with Gasteiger partial charge in [0.2, 0.25) is 5.91 Å². The lowest BCUT2D eigenvalue weighted by molar-refractivity contribution is -0.386. The van der Waals surface area contributed by atoms with E-state index in [4.69, 9.17) is 47.2 Å². The van der Waals surface area contributed by atoms with Crippen molar-refractivity contribution in [3.8, 4) is 0 Å². The van der Waals surface area contributed by atoms with Crippen molar-refractivity contribution < 1.29 is 155 Å². The van der Waals surface area contributed by atoms with E-state index in [1.54, 1.807) is 0 Å². The second-order valence-corrected chi connectivity index (χ2v) is 19.4. The number of aliphatic hydroxyl groups excluding tert-OH is 11. The molecule has 0 aromatic carbocycles. The zero-order valence-electron chi connectivity index (χ0n) is 35.6. The Morgan fingerprint density at radius 3 is 1.36 bits per heavy atom. The van der Waals surface area contributed by atoms with Crippen LogP contribution in [-0.4, -0.2) is 281 Å². The first-order chi connectivity index (χ1) is 31.9. The van der Waals surface area contributed by atoms with Crippen LogP contribution in [-0.2, 0) is 91.2 Å². The van der Waals surface area contributed by atoms with Crippen molar-refractivity contribution in [2.75, 3.05) is 33.0 Å². The van der Waals surface area contributed by atoms with Crippen LogP contribution in [0.15, 0.2) is 0 Å². The predicted molar refractivity (Wildman–Crippen MR) is 207 cm³/mol. The Morgan fingerprint density at radius 2 is 0.841 bits per heavy atom. The summed E-state index contributed by atoms with van der Waals surface area (Å²) in [5.41, 5.74) is 0. The van der Waals surface area contributed by atoms with Crippen molar-refractivity contribution in [2.45, 2.75) is 161 Å². The Bertz CT molecular complexity index is 2020. The van der Waals surface area contributed by atoms with E-state index in [9.17, 15) is 95.3 Å². The third kappa shape index (κ3) is 14.7. The molecule has 0 bridgehead atoms. The molecule has 1 amide bonds. The van der Waals surface area contributed by atoms with Crippen LogP contribution >= 0.6 is 0 Å². The molecule has 69 heavy (non-hydrogen) atoms. The van der Waals surface area contributed by atoms with Gasteiger partial charge in [0.25, 0.3) is 0 Å². The summed E-state index contributed by atoms with van der Waals surface area (Å²) in [7, 11) is -16.0.